The minimum Gasteiger partial charge on any atom is -0.486 e. The minimum atomic E-state index is -3.88. The van der Waals surface area contributed by atoms with Crippen LogP contribution in [0.4, 0.5) is 5.69 Å². The number of hydrogen-bond acceptors (Lipinski definition) is 5. The Morgan fingerprint density at radius 1 is 1.13 bits per heavy atom. The highest BCUT2D eigenvalue weighted by Gasteiger charge is 2.20. The summed E-state index contributed by atoms with van der Waals surface area (Å²) in [7, 11) is -3.88. The first-order valence-corrected chi connectivity index (χ1v) is 8.48. The Bertz CT molecular complexity index is 906. The van der Waals surface area contributed by atoms with Crippen LogP contribution in [0.15, 0.2) is 41.3 Å². The summed E-state index contributed by atoms with van der Waals surface area (Å²) in [5.41, 5.74) is 0.430. The fraction of sp³-hybridized carbons (Fsp3) is 0.133. The van der Waals surface area contributed by atoms with Crippen molar-refractivity contribution in [1.29, 1.82) is 5.26 Å². The minimum absolute atomic E-state index is 0.0255. The van der Waals surface area contributed by atoms with Gasteiger partial charge in [-0.05, 0) is 18.2 Å². The molecule has 3 rings (SSSR count). The van der Waals surface area contributed by atoms with Crippen molar-refractivity contribution in [3.05, 3.63) is 47.0 Å². The number of hydrogen-bond donors (Lipinski definition) is 1. The smallest absolute Gasteiger partial charge is 0.261 e. The molecule has 0 amide bonds. The molecular formula is C15H11ClN2O4S. The van der Waals surface area contributed by atoms with Crippen molar-refractivity contribution in [2.75, 3.05) is 17.9 Å². The summed E-state index contributed by atoms with van der Waals surface area (Å²) in [6.45, 7) is 0.792. The van der Waals surface area contributed by atoms with Crippen LogP contribution >= 0.6 is 11.6 Å². The zero-order valence-electron chi connectivity index (χ0n) is 11.7. The van der Waals surface area contributed by atoms with E-state index in [1.165, 1.54) is 36.4 Å². The van der Waals surface area contributed by atoms with Gasteiger partial charge in [0.05, 0.1) is 27.2 Å². The molecule has 118 valence electrons. The fourth-order valence-electron chi connectivity index (χ4n) is 2.08. The van der Waals surface area contributed by atoms with Crippen LogP contribution in [0.2, 0.25) is 5.02 Å². The molecule has 0 bridgehead atoms. The van der Waals surface area contributed by atoms with Crippen LogP contribution < -0.4 is 14.2 Å². The summed E-state index contributed by atoms with van der Waals surface area (Å²) in [6.07, 6.45) is 0. The first-order chi connectivity index (χ1) is 11.0. The van der Waals surface area contributed by atoms with Crippen LogP contribution in [0.5, 0.6) is 11.5 Å². The van der Waals surface area contributed by atoms with Crippen molar-refractivity contribution < 1.29 is 17.9 Å². The van der Waals surface area contributed by atoms with Crippen LogP contribution in [0.1, 0.15) is 5.56 Å². The normalized spacial score (nSPS) is 13.2. The van der Waals surface area contributed by atoms with Gasteiger partial charge >= 0.3 is 0 Å². The second-order valence-electron chi connectivity index (χ2n) is 4.72. The molecule has 2 aromatic rings. The second-order valence-corrected chi connectivity index (χ2v) is 6.81. The summed E-state index contributed by atoms with van der Waals surface area (Å²) < 4.78 is 38.1. The Hall–Kier alpha value is -2.43. The zero-order chi connectivity index (χ0) is 16.4. The molecule has 0 aliphatic carbocycles. The van der Waals surface area contributed by atoms with Gasteiger partial charge in [0.15, 0.2) is 11.5 Å². The van der Waals surface area contributed by atoms with Gasteiger partial charge in [-0.3, -0.25) is 4.72 Å². The molecular weight excluding hydrogens is 340 g/mol. The molecule has 0 fully saturated rings. The number of sulfonamides is 1. The first-order valence-electron chi connectivity index (χ1n) is 6.62. The van der Waals surface area contributed by atoms with Crippen LogP contribution in [-0.4, -0.2) is 21.6 Å². The van der Waals surface area contributed by atoms with Gasteiger partial charge in [-0.2, -0.15) is 5.26 Å². The van der Waals surface area contributed by atoms with E-state index >= 15 is 0 Å². The van der Waals surface area contributed by atoms with E-state index in [0.717, 1.165) is 0 Å². The molecule has 1 aliphatic rings. The first kappa shape index (κ1) is 15.5. The average molecular weight is 351 g/mol. The van der Waals surface area contributed by atoms with Crippen LogP contribution in [0.25, 0.3) is 0 Å². The van der Waals surface area contributed by atoms with E-state index in [1.54, 1.807) is 0 Å². The van der Waals surface area contributed by atoms with Gasteiger partial charge in [-0.1, -0.05) is 17.7 Å². The summed E-state index contributed by atoms with van der Waals surface area (Å²) >= 11 is 6.10. The van der Waals surface area contributed by atoms with Crippen LogP contribution in [0, 0.1) is 11.3 Å². The summed E-state index contributed by atoms with van der Waals surface area (Å²) in [6, 6.07) is 10.6. The van der Waals surface area contributed by atoms with Gasteiger partial charge in [-0.15, -0.1) is 0 Å². The van der Waals surface area contributed by atoms with Crippen molar-refractivity contribution in [3.63, 3.8) is 0 Å². The zero-order valence-corrected chi connectivity index (χ0v) is 13.3. The molecule has 0 atom stereocenters. The third kappa shape index (κ3) is 3.18. The van der Waals surface area contributed by atoms with Gasteiger partial charge in [0, 0.05) is 12.1 Å². The monoisotopic (exact) mass is 350 g/mol. The van der Waals surface area contributed by atoms with Gasteiger partial charge in [0.1, 0.15) is 13.2 Å². The third-order valence-corrected chi connectivity index (χ3v) is 4.83. The van der Waals surface area contributed by atoms with Crippen molar-refractivity contribution in [1.82, 2.24) is 0 Å². The van der Waals surface area contributed by atoms with E-state index in [0.29, 0.717) is 24.7 Å². The highest BCUT2D eigenvalue weighted by Crippen LogP contribution is 2.38. The number of nitrogens with one attached hydrogen (secondary N) is 1. The SMILES string of the molecule is N#Cc1cccc(S(=O)(=O)Nc2cc3c(cc2Cl)OCCO3)c1. The van der Waals surface area contributed by atoms with Crippen LogP contribution in [0.3, 0.4) is 0 Å². The number of benzene rings is 2. The second kappa shape index (κ2) is 5.99. The predicted molar refractivity (Wildman–Crippen MR) is 84.4 cm³/mol. The molecule has 0 unspecified atom stereocenters. The molecule has 8 heteroatoms. The third-order valence-electron chi connectivity index (χ3n) is 3.15. The topological polar surface area (TPSA) is 88.4 Å². The number of rotatable bonds is 3. The Balaban J connectivity index is 1.96. The molecule has 6 nitrogen and oxygen atoms in total. The molecule has 0 spiro atoms. The number of anilines is 1. The molecule has 1 heterocycles. The van der Waals surface area contributed by atoms with Gasteiger partial charge in [0.25, 0.3) is 10.0 Å². The molecule has 2 aromatic carbocycles. The summed E-state index contributed by atoms with van der Waals surface area (Å²) in [4.78, 5) is -0.0255. The molecule has 0 saturated carbocycles. The van der Waals surface area contributed by atoms with Crippen molar-refractivity contribution in [2.45, 2.75) is 4.90 Å². The Kier molecular flexibility index (Phi) is 4.03. The van der Waals surface area contributed by atoms with E-state index in [4.69, 9.17) is 26.3 Å². The lowest BCUT2D eigenvalue weighted by molar-refractivity contribution is 0.171. The summed E-state index contributed by atoms with van der Waals surface area (Å²) in [5.74, 6) is 0.889. The summed E-state index contributed by atoms with van der Waals surface area (Å²) in [5, 5.41) is 9.07. The van der Waals surface area contributed by atoms with E-state index < -0.39 is 10.0 Å². The quantitative estimate of drug-likeness (QED) is 0.919. The lowest BCUT2D eigenvalue weighted by atomic mass is 10.2. The molecule has 0 aromatic heterocycles. The number of nitriles is 1. The average Bonchev–Trinajstić information content (AvgIpc) is 2.55. The lowest BCUT2D eigenvalue weighted by Gasteiger charge is -2.20. The predicted octanol–water partition coefficient (Wildman–Crippen LogP) is 2.78. The maximum atomic E-state index is 12.4. The van der Waals surface area contributed by atoms with Crippen molar-refractivity contribution in [2.24, 2.45) is 0 Å². The number of halogens is 1. The van der Waals surface area contributed by atoms with E-state index in [9.17, 15) is 8.42 Å². The lowest BCUT2D eigenvalue weighted by Crippen LogP contribution is -2.17. The maximum absolute atomic E-state index is 12.4. The van der Waals surface area contributed by atoms with Gasteiger partial charge in [-0.25, -0.2) is 8.42 Å². The largest absolute Gasteiger partial charge is 0.486 e. The Morgan fingerprint density at radius 2 is 1.83 bits per heavy atom. The molecule has 0 saturated heterocycles. The molecule has 1 N–H and O–H groups in total. The Labute approximate surface area is 138 Å². The molecule has 23 heavy (non-hydrogen) atoms. The highest BCUT2D eigenvalue weighted by atomic mass is 35.5. The van der Waals surface area contributed by atoms with Gasteiger partial charge in [0.2, 0.25) is 0 Å². The van der Waals surface area contributed by atoms with Gasteiger partial charge < -0.3 is 9.47 Å². The number of ether oxygens (including phenoxy) is 2. The van der Waals surface area contributed by atoms with Crippen LogP contribution in [-0.2, 0) is 10.0 Å². The molecule has 0 radical (unpaired) electrons. The van der Waals surface area contributed by atoms with Crippen molar-refractivity contribution in [3.8, 4) is 17.6 Å². The standard InChI is InChI=1S/C15H11ClN2O4S/c16-12-7-14-15(22-5-4-21-14)8-13(12)18-23(19,20)11-3-1-2-10(6-11)9-17/h1-3,6-8,18H,4-5H2. The highest BCUT2D eigenvalue weighted by molar-refractivity contribution is 7.92. The Morgan fingerprint density at radius 3 is 2.52 bits per heavy atom. The fourth-order valence-corrected chi connectivity index (χ4v) is 3.45. The van der Waals surface area contributed by atoms with E-state index in [-0.39, 0.29) is 21.2 Å². The van der Waals surface area contributed by atoms with E-state index in [1.807, 2.05) is 6.07 Å². The maximum Gasteiger partial charge on any atom is 0.261 e. The number of fused-ring (bicyclic) bond motifs is 1. The van der Waals surface area contributed by atoms with E-state index in [2.05, 4.69) is 4.72 Å². The number of nitrogens with zero attached hydrogens (tertiary/aromatic N) is 1. The van der Waals surface area contributed by atoms with Crippen molar-refractivity contribution >= 4 is 27.3 Å². The molecule has 1 aliphatic heterocycles.